The number of aliphatic hydroxyl groups excluding tert-OH is 1. The van der Waals surface area contributed by atoms with Crippen molar-refractivity contribution < 1.29 is 18.3 Å². The molecule has 0 saturated carbocycles. The molecule has 1 rings (SSSR count). The summed E-state index contributed by atoms with van der Waals surface area (Å²) < 4.78 is 26.5. The van der Waals surface area contributed by atoms with Crippen LogP contribution in [0.4, 0.5) is 0 Å². The first-order chi connectivity index (χ1) is 9.27. The van der Waals surface area contributed by atoms with Crippen LogP contribution >= 0.6 is 0 Å². The van der Waals surface area contributed by atoms with Gasteiger partial charge in [0.05, 0.1) is 11.0 Å². The Balaban J connectivity index is 2.90. The summed E-state index contributed by atoms with van der Waals surface area (Å²) in [5, 5.41) is 9.64. The van der Waals surface area contributed by atoms with E-state index in [9.17, 15) is 18.3 Å². The highest BCUT2D eigenvalue weighted by Gasteiger charge is 2.18. The van der Waals surface area contributed by atoms with Gasteiger partial charge in [0.1, 0.15) is 0 Å². The molecule has 0 aliphatic carbocycles. The van der Waals surface area contributed by atoms with E-state index >= 15 is 0 Å². The maximum atomic E-state index is 12.1. The second-order valence-corrected chi connectivity index (χ2v) is 6.73. The molecule has 0 fully saturated rings. The number of benzene rings is 1. The molecule has 20 heavy (non-hydrogen) atoms. The number of hydrogen-bond donors (Lipinski definition) is 2. The van der Waals surface area contributed by atoms with E-state index in [4.69, 9.17) is 0 Å². The molecule has 0 radical (unpaired) electrons. The maximum absolute atomic E-state index is 12.1. The van der Waals surface area contributed by atoms with Gasteiger partial charge in [0, 0.05) is 18.5 Å². The Hall–Kier alpha value is -1.24. The standard InChI is InChI=1S/C14H21NO4S/c1-4-13(16)11-6-5-7-12(8-11)20(18,19)15-9-14(17)10(2)3/h5-8,10,14-15,17H,4,9H2,1-3H3. The van der Waals surface area contributed by atoms with Gasteiger partial charge < -0.3 is 5.11 Å². The highest BCUT2D eigenvalue weighted by atomic mass is 32.2. The lowest BCUT2D eigenvalue weighted by molar-refractivity contribution is 0.0988. The Morgan fingerprint density at radius 3 is 2.55 bits per heavy atom. The second-order valence-electron chi connectivity index (χ2n) is 4.97. The summed E-state index contributed by atoms with van der Waals surface area (Å²) >= 11 is 0. The fourth-order valence-electron chi connectivity index (χ4n) is 1.55. The van der Waals surface area contributed by atoms with Gasteiger partial charge in [-0.3, -0.25) is 4.79 Å². The minimum Gasteiger partial charge on any atom is -0.391 e. The van der Waals surface area contributed by atoms with Crippen molar-refractivity contribution in [2.24, 2.45) is 5.92 Å². The molecule has 2 N–H and O–H groups in total. The third-order valence-corrected chi connectivity index (χ3v) is 4.46. The minimum absolute atomic E-state index is 0.0350. The molecule has 0 aliphatic rings. The molecule has 0 aromatic heterocycles. The third-order valence-electron chi connectivity index (χ3n) is 3.04. The van der Waals surface area contributed by atoms with Crippen LogP contribution in [0.1, 0.15) is 37.6 Å². The van der Waals surface area contributed by atoms with Crippen molar-refractivity contribution in [2.75, 3.05) is 6.54 Å². The average molecular weight is 299 g/mol. The molecular weight excluding hydrogens is 278 g/mol. The predicted molar refractivity (Wildman–Crippen MR) is 77.1 cm³/mol. The van der Waals surface area contributed by atoms with Crippen molar-refractivity contribution in [1.82, 2.24) is 4.72 Å². The fourth-order valence-corrected chi connectivity index (χ4v) is 2.65. The summed E-state index contributed by atoms with van der Waals surface area (Å²) in [6.45, 7) is 5.28. The molecule has 5 nitrogen and oxygen atoms in total. The molecule has 1 unspecified atom stereocenters. The molecule has 0 bridgehead atoms. The number of carbonyl (C=O) groups excluding carboxylic acids is 1. The predicted octanol–water partition coefficient (Wildman–Crippen LogP) is 1.57. The molecule has 112 valence electrons. The van der Waals surface area contributed by atoms with Gasteiger partial charge in [0.15, 0.2) is 5.78 Å². The van der Waals surface area contributed by atoms with Crippen LogP contribution in [-0.2, 0) is 10.0 Å². The zero-order valence-corrected chi connectivity index (χ0v) is 12.8. The lowest BCUT2D eigenvalue weighted by Gasteiger charge is -2.15. The fraction of sp³-hybridized carbons (Fsp3) is 0.500. The van der Waals surface area contributed by atoms with E-state index in [-0.39, 0.29) is 23.1 Å². The Bertz CT molecular complexity index is 566. The van der Waals surface area contributed by atoms with Crippen molar-refractivity contribution in [2.45, 2.75) is 38.2 Å². The zero-order valence-electron chi connectivity index (χ0n) is 12.0. The highest BCUT2D eigenvalue weighted by molar-refractivity contribution is 7.89. The van der Waals surface area contributed by atoms with Crippen molar-refractivity contribution >= 4 is 15.8 Å². The van der Waals surface area contributed by atoms with Crippen LogP contribution in [0.5, 0.6) is 0 Å². The Morgan fingerprint density at radius 1 is 1.35 bits per heavy atom. The van der Waals surface area contributed by atoms with Gasteiger partial charge in [-0.2, -0.15) is 0 Å². The molecule has 0 amide bonds. The van der Waals surface area contributed by atoms with E-state index in [0.29, 0.717) is 12.0 Å². The van der Waals surface area contributed by atoms with Gasteiger partial charge in [-0.15, -0.1) is 0 Å². The van der Waals surface area contributed by atoms with Crippen molar-refractivity contribution in [3.05, 3.63) is 29.8 Å². The van der Waals surface area contributed by atoms with Gasteiger partial charge in [0.25, 0.3) is 0 Å². The highest BCUT2D eigenvalue weighted by Crippen LogP contribution is 2.13. The van der Waals surface area contributed by atoms with E-state index in [0.717, 1.165) is 0 Å². The number of nitrogens with one attached hydrogen (secondary N) is 1. The van der Waals surface area contributed by atoms with Crippen LogP contribution in [0.2, 0.25) is 0 Å². The third kappa shape index (κ3) is 4.40. The van der Waals surface area contributed by atoms with E-state index in [1.165, 1.54) is 18.2 Å². The quantitative estimate of drug-likeness (QED) is 0.749. The molecular formula is C14H21NO4S. The Labute approximate surface area is 120 Å². The Kier molecular flexibility index (Phi) is 5.86. The lowest BCUT2D eigenvalue weighted by atomic mass is 10.1. The Morgan fingerprint density at radius 2 is 2.00 bits per heavy atom. The van der Waals surface area contributed by atoms with Gasteiger partial charge in [-0.1, -0.05) is 32.9 Å². The van der Waals surface area contributed by atoms with Gasteiger partial charge in [-0.25, -0.2) is 13.1 Å². The number of hydrogen-bond acceptors (Lipinski definition) is 4. The summed E-state index contributed by atoms with van der Waals surface area (Å²) in [5.41, 5.74) is 0.375. The smallest absolute Gasteiger partial charge is 0.240 e. The molecule has 0 heterocycles. The largest absolute Gasteiger partial charge is 0.391 e. The van der Waals surface area contributed by atoms with Crippen LogP contribution in [-0.4, -0.2) is 32.0 Å². The van der Waals surface area contributed by atoms with Crippen LogP contribution in [0, 0.1) is 5.92 Å². The minimum atomic E-state index is -3.72. The molecule has 6 heteroatoms. The molecule has 0 spiro atoms. The van der Waals surface area contributed by atoms with Crippen molar-refractivity contribution in [1.29, 1.82) is 0 Å². The van der Waals surface area contributed by atoms with Crippen LogP contribution in [0.3, 0.4) is 0 Å². The van der Waals surface area contributed by atoms with E-state index in [2.05, 4.69) is 4.72 Å². The first-order valence-corrected chi connectivity index (χ1v) is 8.07. The molecule has 0 aliphatic heterocycles. The topological polar surface area (TPSA) is 83.5 Å². The van der Waals surface area contributed by atoms with E-state index in [1.807, 2.05) is 0 Å². The van der Waals surface area contributed by atoms with Crippen LogP contribution in [0.25, 0.3) is 0 Å². The second kappa shape index (κ2) is 6.97. The molecule has 0 saturated heterocycles. The number of rotatable bonds is 7. The van der Waals surface area contributed by atoms with E-state index < -0.39 is 16.1 Å². The number of Topliss-reactive ketones (excluding diaryl/α,β-unsaturated/α-hetero) is 1. The number of ketones is 1. The normalized spacial score (nSPS) is 13.4. The summed E-state index contributed by atoms with van der Waals surface area (Å²) in [7, 11) is -3.72. The lowest BCUT2D eigenvalue weighted by Crippen LogP contribution is -2.34. The van der Waals surface area contributed by atoms with Crippen molar-refractivity contribution in [3.8, 4) is 0 Å². The number of carbonyl (C=O) groups is 1. The summed E-state index contributed by atoms with van der Waals surface area (Å²) in [6.07, 6.45) is -0.423. The molecule has 1 aromatic rings. The SMILES string of the molecule is CCC(=O)c1cccc(S(=O)(=O)NCC(O)C(C)C)c1. The first kappa shape index (κ1) is 16.8. The monoisotopic (exact) mass is 299 g/mol. The molecule has 1 atom stereocenters. The zero-order chi connectivity index (χ0) is 15.3. The van der Waals surface area contributed by atoms with Gasteiger partial charge in [-0.05, 0) is 18.1 Å². The number of aliphatic hydroxyl groups is 1. The summed E-state index contributed by atoms with van der Waals surface area (Å²) in [5.74, 6) is -0.144. The van der Waals surface area contributed by atoms with Crippen molar-refractivity contribution in [3.63, 3.8) is 0 Å². The van der Waals surface area contributed by atoms with Crippen LogP contribution < -0.4 is 4.72 Å². The first-order valence-electron chi connectivity index (χ1n) is 6.59. The molecule has 1 aromatic carbocycles. The average Bonchev–Trinajstić information content (AvgIpc) is 2.43. The van der Waals surface area contributed by atoms with E-state index in [1.54, 1.807) is 26.8 Å². The number of sulfonamides is 1. The maximum Gasteiger partial charge on any atom is 0.240 e. The van der Waals surface area contributed by atoms with Gasteiger partial charge in [0.2, 0.25) is 10.0 Å². The summed E-state index contributed by atoms with van der Waals surface area (Å²) in [4.78, 5) is 11.6. The van der Waals surface area contributed by atoms with Gasteiger partial charge >= 0.3 is 0 Å². The van der Waals surface area contributed by atoms with Crippen LogP contribution in [0.15, 0.2) is 29.2 Å². The summed E-state index contributed by atoms with van der Waals surface area (Å²) in [6, 6.07) is 5.91.